The highest BCUT2D eigenvalue weighted by atomic mass is 19.1. The van der Waals surface area contributed by atoms with Crippen molar-refractivity contribution in [2.45, 2.75) is 20.0 Å². The molecule has 0 radical (unpaired) electrons. The Morgan fingerprint density at radius 1 is 1.07 bits per heavy atom. The molecule has 40 heavy (non-hydrogen) atoms. The second-order valence-corrected chi connectivity index (χ2v) is 10.2. The summed E-state index contributed by atoms with van der Waals surface area (Å²) in [5.74, 6) is -1.20. The molecule has 0 aliphatic rings. The quantitative estimate of drug-likeness (QED) is 0.0673. The molecule has 4 aromatic rings. The van der Waals surface area contributed by atoms with E-state index in [-0.39, 0.29) is 24.0 Å². The van der Waals surface area contributed by atoms with Crippen LogP contribution in [0.5, 0.6) is 5.75 Å². The van der Waals surface area contributed by atoms with Gasteiger partial charge in [-0.15, -0.1) is 0 Å². The number of fused-ring (bicyclic) bond motifs is 1. The minimum absolute atomic E-state index is 0.189. The van der Waals surface area contributed by atoms with Crippen LogP contribution >= 0.6 is 0 Å². The summed E-state index contributed by atoms with van der Waals surface area (Å²) in [4.78, 5) is 25.0. The zero-order valence-corrected chi connectivity index (χ0v) is 22.8. The molecule has 206 valence electrons. The first-order valence-electron chi connectivity index (χ1n) is 12.7. The van der Waals surface area contributed by atoms with E-state index in [4.69, 9.17) is 15.9 Å². The fraction of sp³-hybridized carbons (Fsp3) is 0.194. The first-order valence-corrected chi connectivity index (χ1v) is 12.7. The van der Waals surface area contributed by atoms with Crippen LogP contribution < -0.4 is 20.3 Å². The minimum atomic E-state index is -0.509. The number of amidine groups is 1. The maximum absolute atomic E-state index is 14.1. The summed E-state index contributed by atoms with van der Waals surface area (Å²) >= 11 is 0. The number of esters is 1. The molecule has 4 N–H and O–H groups in total. The lowest BCUT2D eigenvalue weighted by atomic mass is 10.1. The molecule has 0 aliphatic heterocycles. The van der Waals surface area contributed by atoms with Gasteiger partial charge in [-0.25, -0.2) is 4.39 Å². The van der Waals surface area contributed by atoms with Crippen LogP contribution in [0.1, 0.15) is 34.1 Å². The number of ether oxygens (including phenoxy) is 1. The number of carbonyl (C=O) groups is 2. The number of hydrogen-bond donors (Lipinski definition) is 3. The number of quaternary nitrogens is 1. The summed E-state index contributed by atoms with van der Waals surface area (Å²) < 4.78 is 21.7. The molecule has 3 aromatic carbocycles. The van der Waals surface area contributed by atoms with E-state index in [1.807, 2.05) is 30.3 Å². The van der Waals surface area contributed by atoms with E-state index in [0.29, 0.717) is 38.8 Å². The molecule has 0 saturated carbocycles. The van der Waals surface area contributed by atoms with E-state index in [0.717, 1.165) is 17.8 Å². The fourth-order valence-corrected chi connectivity index (χ4v) is 4.63. The third-order valence-corrected chi connectivity index (χ3v) is 6.65. The van der Waals surface area contributed by atoms with Gasteiger partial charge < -0.3 is 20.4 Å². The minimum Gasteiger partial charge on any atom is -0.427 e. The van der Waals surface area contributed by atoms with Crippen molar-refractivity contribution in [2.24, 2.45) is 5.73 Å². The van der Waals surface area contributed by atoms with Gasteiger partial charge in [0.15, 0.2) is 0 Å². The van der Waals surface area contributed by atoms with Gasteiger partial charge >= 0.3 is 5.97 Å². The molecule has 8 nitrogen and oxygen atoms in total. The third-order valence-electron chi connectivity index (χ3n) is 6.65. The maximum atomic E-state index is 14.1. The van der Waals surface area contributed by atoms with Crippen LogP contribution in [0.2, 0.25) is 0 Å². The lowest BCUT2D eigenvalue weighted by Crippen LogP contribution is -2.40. The molecule has 0 unspecified atom stereocenters. The smallest absolute Gasteiger partial charge is 0.308 e. The number of carbonyl (C=O) groups excluding carboxylic acids is 2. The standard InChI is InChI=1S/C31H32FN5O3/c1-5-12-37(3,4)26-9-6-21(7-10-26)18-35-31(39)29-17-23-15-25(32)8-11-28(23)36(29)19-22-13-24(30(33)34)16-27(14-22)40-20(2)38/h5-11,13-17H,1,12,18-19H2,2-4H3,(H3-,33,34,35,39)/p+1. The normalized spacial score (nSPS) is 11.3. The van der Waals surface area contributed by atoms with E-state index in [1.165, 1.54) is 25.1 Å². The lowest BCUT2D eigenvalue weighted by Gasteiger charge is -2.27. The molecule has 0 spiro atoms. The number of nitrogens with one attached hydrogen (secondary N) is 2. The van der Waals surface area contributed by atoms with Gasteiger partial charge in [0.05, 0.1) is 14.1 Å². The molecular formula is C31H33FN5O3+. The monoisotopic (exact) mass is 542 g/mol. The number of halogens is 1. The molecule has 0 aliphatic carbocycles. The molecule has 0 fully saturated rings. The SMILES string of the molecule is C=CC[N+](C)(C)c1ccc(CNC(=O)c2cc3cc(F)ccc3n2Cc2cc(OC(C)=O)cc(C(=N)N)c2)cc1. The van der Waals surface area contributed by atoms with Gasteiger partial charge in [-0.2, -0.15) is 0 Å². The highest BCUT2D eigenvalue weighted by Gasteiger charge is 2.19. The fourth-order valence-electron chi connectivity index (χ4n) is 4.63. The summed E-state index contributed by atoms with van der Waals surface area (Å²) in [6.45, 7) is 6.40. The Balaban J connectivity index is 1.63. The zero-order chi connectivity index (χ0) is 29.0. The summed E-state index contributed by atoms with van der Waals surface area (Å²) in [7, 11) is 4.20. The Bertz CT molecular complexity index is 1610. The number of likely N-dealkylation sites (N-methyl/N-ethyl adjacent to an activating group) is 1. The second kappa shape index (κ2) is 11.5. The van der Waals surface area contributed by atoms with Gasteiger partial charge in [-0.3, -0.25) is 19.5 Å². The average molecular weight is 543 g/mol. The van der Waals surface area contributed by atoms with Crippen LogP contribution in [-0.2, 0) is 17.9 Å². The number of nitrogen functional groups attached to an aromatic ring is 1. The first kappa shape index (κ1) is 28.3. The molecule has 0 saturated heterocycles. The van der Waals surface area contributed by atoms with E-state index < -0.39 is 11.8 Å². The number of amides is 1. The van der Waals surface area contributed by atoms with Crippen molar-refractivity contribution < 1.29 is 18.7 Å². The van der Waals surface area contributed by atoms with Gasteiger partial charge in [-0.1, -0.05) is 18.7 Å². The topological polar surface area (TPSA) is 110 Å². The van der Waals surface area contributed by atoms with Crippen LogP contribution in [0.3, 0.4) is 0 Å². The van der Waals surface area contributed by atoms with E-state index in [1.54, 1.807) is 28.8 Å². The summed E-state index contributed by atoms with van der Waals surface area (Å²) in [5, 5.41) is 11.4. The lowest BCUT2D eigenvalue weighted by molar-refractivity contribution is -0.131. The molecule has 4 rings (SSSR count). The van der Waals surface area contributed by atoms with E-state index in [2.05, 4.69) is 26.0 Å². The third kappa shape index (κ3) is 6.44. The highest BCUT2D eigenvalue weighted by Crippen LogP contribution is 2.25. The highest BCUT2D eigenvalue weighted by molar-refractivity contribution is 5.99. The summed E-state index contributed by atoms with van der Waals surface area (Å²) in [5.41, 5.74) is 9.78. The van der Waals surface area contributed by atoms with Crippen molar-refractivity contribution in [3.8, 4) is 5.75 Å². The summed E-state index contributed by atoms with van der Waals surface area (Å²) in [6.07, 6.45) is 1.88. The Morgan fingerprint density at radius 3 is 2.45 bits per heavy atom. The van der Waals surface area contributed by atoms with Gasteiger partial charge in [0.2, 0.25) is 0 Å². The molecule has 1 heterocycles. The zero-order valence-electron chi connectivity index (χ0n) is 22.8. The maximum Gasteiger partial charge on any atom is 0.308 e. The van der Waals surface area contributed by atoms with E-state index in [9.17, 15) is 14.0 Å². The van der Waals surface area contributed by atoms with Gasteiger partial charge in [-0.05, 0) is 71.8 Å². The Morgan fingerprint density at radius 2 is 1.80 bits per heavy atom. The predicted octanol–water partition coefficient (Wildman–Crippen LogP) is 4.72. The van der Waals surface area contributed by atoms with Crippen LogP contribution in [0.25, 0.3) is 10.9 Å². The van der Waals surface area contributed by atoms with Gasteiger partial charge in [0.25, 0.3) is 5.91 Å². The predicted molar refractivity (Wildman–Crippen MR) is 156 cm³/mol. The average Bonchev–Trinajstić information content (AvgIpc) is 3.24. The second-order valence-electron chi connectivity index (χ2n) is 10.2. The molecule has 1 amide bonds. The van der Waals surface area contributed by atoms with Crippen LogP contribution in [-0.4, -0.2) is 42.9 Å². The van der Waals surface area contributed by atoms with Crippen molar-refractivity contribution in [3.63, 3.8) is 0 Å². The number of benzene rings is 3. The van der Waals surface area contributed by atoms with Crippen molar-refractivity contribution in [2.75, 3.05) is 20.6 Å². The Labute approximate surface area is 232 Å². The number of rotatable bonds is 10. The number of nitrogens with two attached hydrogens (primary N) is 1. The van der Waals surface area contributed by atoms with Crippen molar-refractivity contribution >= 4 is 34.3 Å². The van der Waals surface area contributed by atoms with Gasteiger partial charge in [0.1, 0.15) is 35.3 Å². The van der Waals surface area contributed by atoms with Crippen LogP contribution in [0, 0.1) is 11.2 Å². The van der Waals surface area contributed by atoms with Crippen molar-refractivity contribution in [1.82, 2.24) is 14.4 Å². The summed E-state index contributed by atoms with van der Waals surface area (Å²) in [6, 6.07) is 18.9. The Kier molecular flexibility index (Phi) is 8.16. The van der Waals surface area contributed by atoms with Crippen molar-refractivity contribution in [3.05, 3.63) is 108 Å². The molecule has 1 aromatic heterocycles. The Hall–Kier alpha value is -4.76. The number of aromatic nitrogens is 1. The molecule has 0 atom stereocenters. The van der Waals surface area contributed by atoms with Crippen molar-refractivity contribution in [1.29, 1.82) is 5.41 Å². The number of hydrogen-bond acceptors (Lipinski definition) is 4. The van der Waals surface area contributed by atoms with Gasteiger partial charge in [0, 0.05) is 36.5 Å². The van der Waals surface area contributed by atoms with Crippen LogP contribution in [0.4, 0.5) is 10.1 Å². The molecule has 0 bridgehead atoms. The number of nitrogens with zero attached hydrogens (tertiary/aromatic N) is 2. The van der Waals surface area contributed by atoms with Crippen LogP contribution in [0.15, 0.2) is 79.4 Å². The largest absolute Gasteiger partial charge is 0.427 e. The first-order chi connectivity index (χ1) is 19.0. The molecular weight excluding hydrogens is 509 g/mol. The van der Waals surface area contributed by atoms with E-state index >= 15 is 0 Å². The molecule has 9 heteroatoms.